The van der Waals surface area contributed by atoms with E-state index in [1.807, 2.05) is 52.5 Å². The minimum Gasteiger partial charge on any atom is -0.496 e. The third-order valence-corrected chi connectivity index (χ3v) is 5.72. The van der Waals surface area contributed by atoms with Crippen LogP contribution >= 0.6 is 11.3 Å². The van der Waals surface area contributed by atoms with Gasteiger partial charge in [0, 0.05) is 22.3 Å². The summed E-state index contributed by atoms with van der Waals surface area (Å²) in [6, 6.07) is 16.6. The van der Waals surface area contributed by atoms with Gasteiger partial charge in [0.15, 0.2) is 0 Å². The molecule has 0 saturated heterocycles. The van der Waals surface area contributed by atoms with Crippen molar-refractivity contribution in [3.05, 3.63) is 82.2 Å². The normalized spacial score (nSPS) is 10.8. The van der Waals surface area contributed by atoms with Crippen molar-refractivity contribution in [1.29, 1.82) is 0 Å². The predicted octanol–water partition coefficient (Wildman–Crippen LogP) is 4.64. The zero-order valence-electron chi connectivity index (χ0n) is 16.3. The van der Waals surface area contributed by atoms with E-state index in [1.54, 1.807) is 23.5 Å². The first-order chi connectivity index (χ1) is 14.5. The van der Waals surface area contributed by atoms with Gasteiger partial charge in [0.25, 0.3) is 0 Å². The van der Waals surface area contributed by atoms with Gasteiger partial charge in [-0.25, -0.2) is 4.79 Å². The van der Waals surface area contributed by atoms with Gasteiger partial charge in [0.05, 0.1) is 31.2 Å². The maximum atomic E-state index is 12.3. The maximum Gasteiger partial charge on any atom is 0.335 e. The lowest BCUT2D eigenvalue weighted by molar-refractivity contribution is -0.115. The number of nitrogens with one attached hydrogen (secondary N) is 1. The molecule has 2 heterocycles. The molecule has 0 radical (unpaired) electrons. The van der Waals surface area contributed by atoms with Crippen molar-refractivity contribution in [3.63, 3.8) is 0 Å². The fraction of sp³-hybridized carbons (Fsp3) is 0.130. The highest BCUT2D eigenvalue weighted by molar-refractivity contribution is 7.10. The lowest BCUT2D eigenvalue weighted by atomic mass is 10.1. The second-order valence-electron chi connectivity index (χ2n) is 6.85. The van der Waals surface area contributed by atoms with E-state index in [9.17, 15) is 14.7 Å². The Morgan fingerprint density at radius 1 is 1.13 bits per heavy atom. The Hall–Kier alpha value is -3.58. The Morgan fingerprint density at radius 2 is 2.00 bits per heavy atom. The summed E-state index contributed by atoms with van der Waals surface area (Å²) in [5.41, 5.74) is 2.75. The molecule has 0 spiro atoms. The van der Waals surface area contributed by atoms with Gasteiger partial charge in [0.2, 0.25) is 5.91 Å². The number of hydrogen-bond acceptors (Lipinski definition) is 4. The monoisotopic (exact) mass is 420 g/mol. The molecule has 0 aliphatic rings. The van der Waals surface area contributed by atoms with Gasteiger partial charge in [-0.15, -0.1) is 11.3 Å². The summed E-state index contributed by atoms with van der Waals surface area (Å²) in [6.45, 7) is 0.513. The van der Waals surface area contributed by atoms with Gasteiger partial charge >= 0.3 is 5.97 Å². The predicted molar refractivity (Wildman–Crippen MR) is 118 cm³/mol. The third-order valence-electron chi connectivity index (χ3n) is 4.85. The highest BCUT2D eigenvalue weighted by Crippen LogP contribution is 2.26. The minimum atomic E-state index is -0.991. The van der Waals surface area contributed by atoms with Gasteiger partial charge in [-0.05, 0) is 47.2 Å². The Morgan fingerprint density at radius 3 is 2.73 bits per heavy atom. The Kier molecular flexibility index (Phi) is 5.54. The van der Waals surface area contributed by atoms with Crippen LogP contribution in [0.3, 0.4) is 0 Å². The molecule has 2 N–H and O–H groups in total. The average molecular weight is 420 g/mol. The molecule has 7 heteroatoms. The summed E-state index contributed by atoms with van der Waals surface area (Å²) in [5, 5.41) is 15.1. The number of thiophene rings is 1. The SMILES string of the molecule is COc1cc(C(=O)O)ccc1Cn1ccc2ccc(NC(=O)Cc3cccs3)cc21. The van der Waals surface area contributed by atoms with Crippen LogP contribution in [0.15, 0.2) is 66.2 Å². The summed E-state index contributed by atoms with van der Waals surface area (Å²) < 4.78 is 7.43. The molecule has 1 amide bonds. The minimum absolute atomic E-state index is 0.0548. The number of aromatic nitrogens is 1. The van der Waals surface area contributed by atoms with E-state index in [-0.39, 0.29) is 11.5 Å². The van der Waals surface area contributed by atoms with E-state index in [1.165, 1.54) is 13.2 Å². The van der Waals surface area contributed by atoms with Crippen LogP contribution in [0, 0.1) is 0 Å². The number of amides is 1. The van der Waals surface area contributed by atoms with Crippen molar-refractivity contribution in [2.45, 2.75) is 13.0 Å². The molecule has 152 valence electrons. The first-order valence-electron chi connectivity index (χ1n) is 9.35. The summed E-state index contributed by atoms with van der Waals surface area (Å²) in [7, 11) is 1.53. The van der Waals surface area contributed by atoms with Gasteiger partial charge in [-0.3, -0.25) is 4.79 Å². The second kappa shape index (κ2) is 8.42. The first kappa shape index (κ1) is 19.7. The smallest absolute Gasteiger partial charge is 0.335 e. The topological polar surface area (TPSA) is 80.6 Å². The molecule has 0 aliphatic heterocycles. The Bertz CT molecular complexity index is 1210. The van der Waals surface area contributed by atoms with Crippen molar-refractivity contribution in [2.24, 2.45) is 0 Å². The molecule has 4 aromatic rings. The number of carbonyl (C=O) groups is 2. The number of fused-ring (bicyclic) bond motifs is 1. The fourth-order valence-electron chi connectivity index (χ4n) is 3.37. The van der Waals surface area contributed by atoms with E-state index in [0.717, 1.165) is 27.0 Å². The number of rotatable bonds is 7. The summed E-state index contributed by atoms with van der Waals surface area (Å²) in [4.78, 5) is 24.5. The van der Waals surface area contributed by atoms with Crippen molar-refractivity contribution in [2.75, 3.05) is 12.4 Å². The van der Waals surface area contributed by atoms with Gasteiger partial charge in [0.1, 0.15) is 5.75 Å². The maximum absolute atomic E-state index is 12.3. The van der Waals surface area contributed by atoms with Crippen LogP contribution in [0.5, 0.6) is 5.75 Å². The number of ether oxygens (including phenoxy) is 1. The fourth-order valence-corrected chi connectivity index (χ4v) is 4.07. The van der Waals surface area contributed by atoms with Gasteiger partial charge in [-0.2, -0.15) is 0 Å². The average Bonchev–Trinajstić information content (AvgIpc) is 3.38. The second-order valence-corrected chi connectivity index (χ2v) is 7.89. The summed E-state index contributed by atoms with van der Waals surface area (Å²) >= 11 is 1.56. The zero-order chi connectivity index (χ0) is 21.1. The van der Waals surface area contributed by atoms with Crippen LogP contribution < -0.4 is 10.1 Å². The molecule has 0 atom stereocenters. The summed E-state index contributed by atoms with van der Waals surface area (Å²) in [5.74, 6) is -0.521. The van der Waals surface area contributed by atoms with Crippen molar-refractivity contribution in [3.8, 4) is 5.75 Å². The van der Waals surface area contributed by atoms with Crippen LogP contribution in [0.4, 0.5) is 5.69 Å². The van der Waals surface area contributed by atoms with Gasteiger partial charge in [-0.1, -0.05) is 18.2 Å². The molecule has 0 saturated carbocycles. The Labute approximate surface area is 177 Å². The number of nitrogens with zero attached hydrogens (tertiary/aromatic N) is 1. The van der Waals surface area contributed by atoms with Crippen LogP contribution in [-0.2, 0) is 17.8 Å². The molecule has 0 fully saturated rings. The molecule has 4 rings (SSSR count). The number of anilines is 1. The van der Waals surface area contributed by atoms with E-state index in [2.05, 4.69) is 5.32 Å². The van der Waals surface area contributed by atoms with E-state index in [0.29, 0.717) is 18.7 Å². The molecule has 0 aliphatic carbocycles. The summed E-state index contributed by atoms with van der Waals surface area (Å²) in [6.07, 6.45) is 2.32. The quantitative estimate of drug-likeness (QED) is 0.456. The highest BCUT2D eigenvalue weighted by atomic mass is 32.1. The largest absolute Gasteiger partial charge is 0.496 e. The molecule has 0 unspecified atom stereocenters. The number of carbonyl (C=O) groups excluding carboxylic acids is 1. The molecule has 6 nitrogen and oxygen atoms in total. The number of carboxylic acid groups (broad SMARTS) is 1. The van der Waals surface area contributed by atoms with Crippen molar-refractivity contribution >= 4 is 39.8 Å². The molecular formula is C23H20N2O4S. The van der Waals surface area contributed by atoms with Crippen molar-refractivity contribution in [1.82, 2.24) is 4.57 Å². The zero-order valence-corrected chi connectivity index (χ0v) is 17.1. The number of hydrogen-bond donors (Lipinski definition) is 2. The standard InChI is InChI=1S/C23H20N2O4S/c1-29-21-11-16(23(27)28)4-5-17(21)14-25-9-8-15-6-7-18(12-20(15)25)24-22(26)13-19-3-2-10-30-19/h2-12H,13-14H2,1H3,(H,24,26)(H,27,28). The number of methoxy groups -OCH3 is 1. The number of aromatic carboxylic acids is 1. The highest BCUT2D eigenvalue weighted by Gasteiger charge is 2.12. The van der Waals surface area contributed by atoms with Crippen LogP contribution in [-0.4, -0.2) is 28.7 Å². The van der Waals surface area contributed by atoms with Crippen LogP contribution in [0.1, 0.15) is 20.8 Å². The number of benzene rings is 2. The Balaban J connectivity index is 1.57. The first-order valence-corrected chi connectivity index (χ1v) is 10.2. The molecule has 30 heavy (non-hydrogen) atoms. The number of carboxylic acids is 1. The van der Waals surface area contributed by atoms with E-state index >= 15 is 0 Å². The lowest BCUT2D eigenvalue weighted by Crippen LogP contribution is -2.13. The molecule has 2 aromatic carbocycles. The molecular weight excluding hydrogens is 400 g/mol. The van der Waals surface area contributed by atoms with Crippen LogP contribution in [0.2, 0.25) is 0 Å². The third kappa shape index (κ3) is 4.21. The van der Waals surface area contributed by atoms with Crippen LogP contribution in [0.25, 0.3) is 10.9 Å². The van der Waals surface area contributed by atoms with E-state index in [4.69, 9.17) is 4.74 Å². The molecule has 0 bridgehead atoms. The van der Waals surface area contributed by atoms with E-state index < -0.39 is 5.97 Å². The molecule has 2 aromatic heterocycles. The lowest BCUT2D eigenvalue weighted by Gasteiger charge is -2.12. The van der Waals surface area contributed by atoms with Crippen molar-refractivity contribution < 1.29 is 19.4 Å². The van der Waals surface area contributed by atoms with Gasteiger partial charge < -0.3 is 19.7 Å².